The summed E-state index contributed by atoms with van der Waals surface area (Å²) in [5.74, 6) is 0. The van der Waals surface area contributed by atoms with E-state index in [1.54, 1.807) is 0 Å². The Balaban J connectivity index is 1.23. The molecule has 0 radical (unpaired) electrons. The summed E-state index contributed by atoms with van der Waals surface area (Å²) in [5, 5.41) is 7.46. The number of hydrogen-bond acceptors (Lipinski definition) is 1. The van der Waals surface area contributed by atoms with Gasteiger partial charge < -0.3 is 14.0 Å². The van der Waals surface area contributed by atoms with Gasteiger partial charge in [-0.3, -0.25) is 0 Å². The van der Waals surface area contributed by atoms with Crippen molar-refractivity contribution in [2.24, 2.45) is 0 Å². The molecule has 0 atom stereocenters. The van der Waals surface area contributed by atoms with E-state index in [1.807, 2.05) is 0 Å². The molecule has 230 valence electrons. The molecule has 49 heavy (non-hydrogen) atoms. The van der Waals surface area contributed by atoms with Gasteiger partial charge in [0.25, 0.3) is 0 Å². The first-order valence-electron chi connectivity index (χ1n) is 16.8. The molecule has 0 fully saturated rings. The van der Waals surface area contributed by atoms with Gasteiger partial charge in [-0.2, -0.15) is 0 Å². The quantitative estimate of drug-likeness (QED) is 0.185. The van der Waals surface area contributed by atoms with Gasteiger partial charge in [0.15, 0.2) is 0 Å². The summed E-state index contributed by atoms with van der Waals surface area (Å²) < 4.78 is 4.86. The molecule has 8 aromatic carbocycles. The predicted octanol–water partition coefficient (Wildman–Crippen LogP) is 12.5. The van der Waals surface area contributed by atoms with E-state index in [0.717, 1.165) is 28.4 Å². The lowest BCUT2D eigenvalue weighted by molar-refractivity contribution is 1.17. The molecule has 2 heterocycles. The molecule has 0 saturated carbocycles. The van der Waals surface area contributed by atoms with E-state index < -0.39 is 0 Å². The first-order chi connectivity index (χ1) is 24.3. The minimum absolute atomic E-state index is 1.11. The first-order valence-corrected chi connectivity index (χ1v) is 16.8. The van der Waals surface area contributed by atoms with E-state index in [-0.39, 0.29) is 0 Å². The minimum atomic E-state index is 1.11. The average Bonchev–Trinajstić information content (AvgIpc) is 3.69. The Hall–Kier alpha value is -6.58. The van der Waals surface area contributed by atoms with Gasteiger partial charge in [0.1, 0.15) is 0 Å². The molecule has 10 aromatic rings. The van der Waals surface area contributed by atoms with Crippen molar-refractivity contribution in [3.8, 4) is 11.4 Å². The van der Waals surface area contributed by atoms with E-state index in [1.165, 1.54) is 54.4 Å². The van der Waals surface area contributed by atoms with Crippen LogP contribution in [0, 0.1) is 0 Å². The summed E-state index contributed by atoms with van der Waals surface area (Å²) >= 11 is 0. The number of aromatic nitrogens is 2. The molecule has 0 unspecified atom stereocenters. The van der Waals surface area contributed by atoms with Crippen molar-refractivity contribution < 1.29 is 0 Å². The standard InChI is InChI=1S/C46H31N3/c1-3-16-33(17-4-1)47(41-25-13-15-32-14-7-8-20-37(32)41)35-26-28-36(29-27-35)49-42-23-11-9-21-38(42)39-30-31-44-45(46(39)49)40-22-10-12-24-43(40)48(44)34-18-5-2-6-19-34/h1-31H. The zero-order valence-corrected chi connectivity index (χ0v) is 26.7. The Bertz CT molecular complexity index is 2800. The molecular weight excluding hydrogens is 595 g/mol. The maximum absolute atomic E-state index is 2.46. The van der Waals surface area contributed by atoms with E-state index >= 15 is 0 Å². The van der Waals surface area contributed by atoms with Gasteiger partial charge in [0, 0.05) is 49.7 Å². The molecule has 0 saturated heterocycles. The second-order valence-electron chi connectivity index (χ2n) is 12.6. The third-order valence-electron chi connectivity index (χ3n) is 9.87. The van der Waals surface area contributed by atoms with Crippen LogP contribution in [0.3, 0.4) is 0 Å². The number of para-hydroxylation sites is 4. The Kier molecular flexibility index (Phi) is 6.18. The van der Waals surface area contributed by atoms with Crippen molar-refractivity contribution in [1.29, 1.82) is 0 Å². The van der Waals surface area contributed by atoms with Crippen molar-refractivity contribution in [1.82, 2.24) is 9.13 Å². The van der Waals surface area contributed by atoms with Crippen LogP contribution in [-0.4, -0.2) is 9.13 Å². The van der Waals surface area contributed by atoms with Crippen LogP contribution < -0.4 is 4.90 Å². The van der Waals surface area contributed by atoms with Crippen LogP contribution in [0.15, 0.2) is 188 Å². The molecule has 3 nitrogen and oxygen atoms in total. The number of rotatable bonds is 5. The first kappa shape index (κ1) is 27.5. The van der Waals surface area contributed by atoms with Crippen molar-refractivity contribution in [3.63, 3.8) is 0 Å². The zero-order valence-electron chi connectivity index (χ0n) is 26.7. The highest BCUT2D eigenvalue weighted by Gasteiger charge is 2.21. The van der Waals surface area contributed by atoms with Crippen molar-refractivity contribution in [3.05, 3.63) is 188 Å². The van der Waals surface area contributed by atoms with Crippen LogP contribution >= 0.6 is 0 Å². The van der Waals surface area contributed by atoms with Gasteiger partial charge in [-0.25, -0.2) is 0 Å². The lowest BCUT2D eigenvalue weighted by Gasteiger charge is -2.27. The van der Waals surface area contributed by atoms with Crippen LogP contribution in [-0.2, 0) is 0 Å². The molecule has 0 amide bonds. The fourth-order valence-corrected chi connectivity index (χ4v) is 7.79. The third-order valence-corrected chi connectivity index (χ3v) is 9.87. The summed E-state index contributed by atoms with van der Waals surface area (Å²) in [5.41, 5.74) is 10.5. The molecule has 0 aliphatic heterocycles. The molecule has 0 N–H and O–H groups in total. The van der Waals surface area contributed by atoms with Gasteiger partial charge in [0.05, 0.1) is 27.8 Å². The smallest absolute Gasteiger partial charge is 0.0641 e. The minimum Gasteiger partial charge on any atom is -0.310 e. The normalized spacial score (nSPS) is 11.7. The van der Waals surface area contributed by atoms with Gasteiger partial charge in [-0.15, -0.1) is 0 Å². The number of fused-ring (bicyclic) bond motifs is 8. The molecule has 10 rings (SSSR count). The number of nitrogens with zero attached hydrogens (tertiary/aromatic N) is 3. The third kappa shape index (κ3) is 4.23. The fraction of sp³-hybridized carbons (Fsp3) is 0. The highest BCUT2D eigenvalue weighted by Crippen LogP contribution is 2.43. The summed E-state index contributed by atoms with van der Waals surface area (Å²) in [6.07, 6.45) is 0. The topological polar surface area (TPSA) is 13.1 Å². The highest BCUT2D eigenvalue weighted by molar-refractivity contribution is 6.26. The molecule has 0 bridgehead atoms. The van der Waals surface area contributed by atoms with Crippen molar-refractivity contribution in [2.45, 2.75) is 0 Å². The summed E-state index contributed by atoms with van der Waals surface area (Å²) in [7, 11) is 0. The lowest BCUT2D eigenvalue weighted by Crippen LogP contribution is -2.10. The predicted molar refractivity (Wildman–Crippen MR) is 207 cm³/mol. The highest BCUT2D eigenvalue weighted by atomic mass is 15.1. The maximum Gasteiger partial charge on any atom is 0.0641 e. The molecule has 0 aliphatic carbocycles. The van der Waals surface area contributed by atoms with Gasteiger partial charge >= 0.3 is 0 Å². The lowest BCUT2D eigenvalue weighted by atomic mass is 10.1. The second-order valence-corrected chi connectivity index (χ2v) is 12.6. The Labute approximate surface area is 284 Å². The number of anilines is 3. The second kappa shape index (κ2) is 11.0. The molecule has 0 aliphatic rings. The fourth-order valence-electron chi connectivity index (χ4n) is 7.79. The van der Waals surface area contributed by atoms with E-state index in [9.17, 15) is 0 Å². The van der Waals surface area contributed by atoms with E-state index in [2.05, 4.69) is 202 Å². The number of hydrogen-bond donors (Lipinski definition) is 0. The number of benzene rings is 8. The van der Waals surface area contributed by atoms with E-state index in [0.29, 0.717) is 0 Å². The van der Waals surface area contributed by atoms with Crippen LogP contribution in [0.1, 0.15) is 0 Å². The summed E-state index contributed by atoms with van der Waals surface area (Å²) in [6.45, 7) is 0. The van der Waals surface area contributed by atoms with Crippen LogP contribution in [0.5, 0.6) is 0 Å². The Morgan fingerprint density at radius 1 is 0.327 bits per heavy atom. The van der Waals surface area contributed by atoms with Crippen LogP contribution in [0.2, 0.25) is 0 Å². The molecule has 0 spiro atoms. The SMILES string of the molecule is c1ccc(N(c2ccc(-n3c4ccccc4c4ccc5c(c6ccccc6n5-c5ccccc5)c43)cc2)c2cccc3ccccc23)cc1. The summed E-state index contributed by atoms with van der Waals surface area (Å²) in [4.78, 5) is 2.36. The van der Waals surface area contributed by atoms with E-state index in [4.69, 9.17) is 0 Å². The Morgan fingerprint density at radius 2 is 0.898 bits per heavy atom. The van der Waals surface area contributed by atoms with Crippen LogP contribution in [0.4, 0.5) is 17.1 Å². The summed E-state index contributed by atoms with van der Waals surface area (Å²) in [6, 6.07) is 67.8. The molecular formula is C46H31N3. The molecule has 3 heteroatoms. The zero-order chi connectivity index (χ0) is 32.3. The largest absolute Gasteiger partial charge is 0.310 e. The van der Waals surface area contributed by atoms with Crippen molar-refractivity contribution >= 4 is 71.4 Å². The van der Waals surface area contributed by atoms with Crippen molar-refractivity contribution in [2.75, 3.05) is 4.90 Å². The average molecular weight is 626 g/mol. The van der Waals surface area contributed by atoms with Crippen LogP contribution in [0.25, 0.3) is 65.8 Å². The van der Waals surface area contributed by atoms with Gasteiger partial charge in [-0.05, 0) is 78.2 Å². The monoisotopic (exact) mass is 625 g/mol. The van der Waals surface area contributed by atoms with Gasteiger partial charge in [0.2, 0.25) is 0 Å². The Morgan fingerprint density at radius 3 is 1.67 bits per heavy atom. The van der Waals surface area contributed by atoms with Gasteiger partial charge in [-0.1, -0.05) is 115 Å². The molecule has 2 aromatic heterocycles. The maximum atomic E-state index is 2.46.